The largest absolute Gasteiger partial charge is 0.314 e. The molecule has 1 fully saturated rings. The van der Waals surface area contributed by atoms with Gasteiger partial charge in [-0.1, -0.05) is 5.92 Å². The molecular weight excluding hydrogens is 134 g/mol. The maximum Gasteiger partial charge on any atom is 0.0925 e. The molecule has 0 aromatic rings. The zero-order valence-electron chi connectivity index (χ0n) is 4.92. The predicted octanol–water partition coefficient (Wildman–Crippen LogP) is 0.392. The van der Waals surface area contributed by atoms with Crippen LogP contribution in [-0.2, 0) is 0 Å². The molecule has 48 valence electrons. The molecule has 0 heterocycles. The third-order valence-electron chi connectivity index (χ3n) is 1.47. The van der Waals surface area contributed by atoms with Crippen molar-refractivity contribution in [2.45, 2.75) is 12.0 Å². The maximum absolute atomic E-state index is 5.52. The van der Waals surface area contributed by atoms with Crippen LogP contribution in [-0.4, -0.2) is 5.54 Å². The summed E-state index contributed by atoms with van der Waals surface area (Å²) in [5.41, 5.74) is 5.07. The molecule has 2 atom stereocenters. The lowest BCUT2D eigenvalue weighted by Gasteiger charge is -1.92. The van der Waals surface area contributed by atoms with Crippen LogP contribution in [0, 0.1) is 30.6 Å². The van der Waals surface area contributed by atoms with Crippen LogP contribution in [0.2, 0.25) is 0 Å². The Morgan fingerprint density at radius 2 is 2.11 bits per heavy atom. The molecule has 0 aromatic carbocycles. The van der Waals surface area contributed by atoms with Gasteiger partial charge in [0.1, 0.15) is 0 Å². The van der Waals surface area contributed by atoms with Crippen molar-refractivity contribution in [3.63, 3.8) is 0 Å². The molecule has 1 aliphatic rings. The molecule has 0 spiro atoms. The minimum absolute atomic E-state index is 0. The Labute approximate surface area is 61.4 Å². The highest BCUT2D eigenvalue weighted by Crippen LogP contribution is 2.39. The summed E-state index contributed by atoms with van der Waals surface area (Å²) >= 11 is 0. The number of hydrogen-bond acceptors (Lipinski definition) is 1. The van der Waals surface area contributed by atoms with Crippen LogP contribution in [0.4, 0.5) is 0 Å². The molecule has 1 saturated carbocycles. The lowest BCUT2D eigenvalue weighted by Crippen LogP contribution is -2.21. The highest BCUT2D eigenvalue weighted by Gasteiger charge is 2.48. The summed E-state index contributed by atoms with van der Waals surface area (Å²) in [6.45, 7) is 0. The van der Waals surface area contributed by atoms with Gasteiger partial charge in [-0.05, 0) is 6.42 Å². The molecule has 9 heavy (non-hydrogen) atoms. The Bertz CT molecular complexity index is 186. The predicted molar refractivity (Wildman–Crippen MR) is 39.9 cm³/mol. The van der Waals surface area contributed by atoms with Crippen LogP contribution in [0.3, 0.4) is 0 Å². The van der Waals surface area contributed by atoms with E-state index in [0.29, 0.717) is 0 Å². The van der Waals surface area contributed by atoms with Gasteiger partial charge in [0.15, 0.2) is 0 Å². The van der Waals surface area contributed by atoms with Gasteiger partial charge in [-0.3, -0.25) is 0 Å². The topological polar surface area (TPSA) is 26.0 Å². The molecule has 0 aromatic heterocycles. The number of halogens is 1. The number of terminal acetylenes is 2. The average Bonchev–Trinajstić information content (AvgIpc) is 2.44. The van der Waals surface area contributed by atoms with E-state index >= 15 is 0 Å². The number of nitrogens with two attached hydrogens (primary N) is 1. The highest BCUT2D eigenvalue weighted by molar-refractivity contribution is 5.85. The summed E-state index contributed by atoms with van der Waals surface area (Å²) in [5.74, 6) is 5.10. The number of rotatable bonds is 0. The second-order valence-corrected chi connectivity index (χ2v) is 2.11. The van der Waals surface area contributed by atoms with Crippen LogP contribution in [0.25, 0.3) is 0 Å². The Morgan fingerprint density at radius 3 is 2.22 bits per heavy atom. The van der Waals surface area contributed by atoms with Gasteiger partial charge in [-0.25, -0.2) is 0 Å². The van der Waals surface area contributed by atoms with Gasteiger partial charge in [0, 0.05) is 0 Å². The first kappa shape index (κ1) is 8.37. The smallest absolute Gasteiger partial charge is 0.0925 e. The van der Waals surface area contributed by atoms with E-state index in [-0.39, 0.29) is 18.3 Å². The molecule has 1 nitrogen and oxygen atoms in total. The summed E-state index contributed by atoms with van der Waals surface area (Å²) in [5, 5.41) is 0. The van der Waals surface area contributed by atoms with Gasteiger partial charge in [-0.15, -0.1) is 31.2 Å². The zero-order valence-corrected chi connectivity index (χ0v) is 5.74. The summed E-state index contributed by atoms with van der Waals surface area (Å²) in [4.78, 5) is 0. The molecule has 1 aliphatic carbocycles. The van der Waals surface area contributed by atoms with Crippen molar-refractivity contribution < 1.29 is 0 Å². The second kappa shape index (κ2) is 2.31. The van der Waals surface area contributed by atoms with Crippen molar-refractivity contribution in [3.05, 3.63) is 0 Å². The van der Waals surface area contributed by atoms with Crippen LogP contribution >= 0.6 is 12.4 Å². The molecule has 2 heteroatoms. The normalized spacial score (nSPS) is 37.4. The fraction of sp³-hybridized carbons (Fsp3) is 0.429. The Morgan fingerprint density at radius 1 is 1.56 bits per heavy atom. The first-order valence-electron chi connectivity index (χ1n) is 2.46. The molecule has 0 unspecified atom stereocenters. The van der Waals surface area contributed by atoms with Crippen LogP contribution < -0.4 is 5.73 Å². The van der Waals surface area contributed by atoms with Gasteiger partial charge in [-0.2, -0.15) is 0 Å². The summed E-state index contributed by atoms with van der Waals surface area (Å²) < 4.78 is 0. The van der Waals surface area contributed by atoms with Crippen molar-refractivity contribution in [1.82, 2.24) is 0 Å². The van der Waals surface area contributed by atoms with E-state index in [2.05, 4.69) is 11.8 Å². The van der Waals surface area contributed by atoms with E-state index in [9.17, 15) is 0 Å². The van der Waals surface area contributed by atoms with Crippen molar-refractivity contribution in [2.75, 3.05) is 0 Å². The molecule has 0 amide bonds. The molecule has 1 rings (SSSR count). The minimum atomic E-state index is -0.450. The van der Waals surface area contributed by atoms with Gasteiger partial charge < -0.3 is 5.73 Å². The third-order valence-corrected chi connectivity index (χ3v) is 1.47. The van der Waals surface area contributed by atoms with E-state index in [4.69, 9.17) is 18.6 Å². The fourth-order valence-electron chi connectivity index (χ4n) is 0.646. The van der Waals surface area contributed by atoms with E-state index in [1.807, 2.05) is 0 Å². The first-order valence-corrected chi connectivity index (χ1v) is 2.46. The molecule has 0 aliphatic heterocycles. The quantitative estimate of drug-likeness (QED) is 0.486. The van der Waals surface area contributed by atoms with E-state index in [1.54, 1.807) is 0 Å². The SMILES string of the molecule is C#C[C@@H]1C[C@]1(N)C#C.Cl. The molecule has 0 saturated heterocycles. The molecular formula is C7H8ClN. The number of hydrogen-bond donors (Lipinski definition) is 1. The molecule has 2 N–H and O–H groups in total. The lowest BCUT2D eigenvalue weighted by atomic mass is 10.2. The lowest BCUT2D eigenvalue weighted by molar-refractivity contribution is 0.842. The van der Waals surface area contributed by atoms with Gasteiger partial charge in [0.25, 0.3) is 0 Å². The third kappa shape index (κ3) is 1.19. The fourth-order valence-corrected chi connectivity index (χ4v) is 0.646. The van der Waals surface area contributed by atoms with Crippen LogP contribution in [0.5, 0.6) is 0 Å². The van der Waals surface area contributed by atoms with E-state index < -0.39 is 5.54 Å². The van der Waals surface area contributed by atoms with Crippen molar-refractivity contribution in [2.24, 2.45) is 11.7 Å². The summed E-state index contributed by atoms with van der Waals surface area (Å²) in [6, 6.07) is 0. The molecule has 0 radical (unpaired) electrons. The maximum atomic E-state index is 5.52. The van der Waals surface area contributed by atoms with Gasteiger partial charge in [0.05, 0.1) is 11.5 Å². The van der Waals surface area contributed by atoms with Crippen molar-refractivity contribution in [1.29, 1.82) is 0 Å². The molecule has 0 bridgehead atoms. The van der Waals surface area contributed by atoms with E-state index in [1.165, 1.54) is 0 Å². The average molecular weight is 142 g/mol. The van der Waals surface area contributed by atoms with Crippen LogP contribution in [0.1, 0.15) is 6.42 Å². The second-order valence-electron chi connectivity index (χ2n) is 2.11. The first-order chi connectivity index (χ1) is 3.73. The van der Waals surface area contributed by atoms with Crippen molar-refractivity contribution >= 4 is 12.4 Å². The summed E-state index contributed by atoms with van der Waals surface area (Å²) in [7, 11) is 0. The Kier molecular flexibility index (Phi) is 2.15. The zero-order chi connectivity index (χ0) is 6.20. The standard InChI is InChI=1S/C7H7N.ClH/c1-3-6-5-7(6,8)4-2;/h1-2,6H,5,8H2;1H/t6-,7-;/m1./s1. The van der Waals surface area contributed by atoms with E-state index in [0.717, 1.165) is 6.42 Å². The summed E-state index contributed by atoms with van der Waals surface area (Å²) in [6.07, 6.45) is 10.9. The Hall–Kier alpha value is -0.630. The minimum Gasteiger partial charge on any atom is -0.314 e. The monoisotopic (exact) mass is 141 g/mol. The van der Waals surface area contributed by atoms with Crippen molar-refractivity contribution in [3.8, 4) is 24.7 Å². The van der Waals surface area contributed by atoms with Gasteiger partial charge in [0.2, 0.25) is 0 Å². The Balaban J connectivity index is 0.000000640. The van der Waals surface area contributed by atoms with Gasteiger partial charge >= 0.3 is 0 Å². The highest BCUT2D eigenvalue weighted by atomic mass is 35.5. The van der Waals surface area contributed by atoms with Crippen LogP contribution in [0.15, 0.2) is 0 Å².